The number of nitrogens with one attached hydrogen (secondary N) is 1. The molecule has 1 nitrogen and oxygen atoms in total. The highest BCUT2D eigenvalue weighted by Crippen LogP contribution is 2.59. The van der Waals surface area contributed by atoms with Gasteiger partial charge in [-0.25, -0.2) is 0 Å². The molecule has 3 rings (SSSR count). The molecular formula is C12H15N. The van der Waals surface area contributed by atoms with Gasteiger partial charge in [-0.1, -0.05) is 25.1 Å². The van der Waals surface area contributed by atoms with Crippen molar-refractivity contribution in [3.05, 3.63) is 29.8 Å². The number of para-hydroxylation sites is 1. The Morgan fingerprint density at radius 2 is 2.15 bits per heavy atom. The molecule has 2 atom stereocenters. The molecule has 1 N–H and O–H groups in total. The van der Waals surface area contributed by atoms with Crippen molar-refractivity contribution < 1.29 is 0 Å². The van der Waals surface area contributed by atoms with Crippen molar-refractivity contribution in [2.75, 3.05) is 11.9 Å². The second-order valence-electron chi connectivity index (χ2n) is 4.48. The minimum absolute atomic E-state index is 0.557. The van der Waals surface area contributed by atoms with E-state index < -0.39 is 0 Å². The van der Waals surface area contributed by atoms with Gasteiger partial charge in [-0.15, -0.1) is 0 Å². The Hall–Kier alpha value is -0.980. The fraction of sp³-hybridized carbons (Fsp3) is 0.500. The van der Waals surface area contributed by atoms with Crippen LogP contribution in [0.1, 0.15) is 25.3 Å². The summed E-state index contributed by atoms with van der Waals surface area (Å²) in [6.45, 7) is 3.53. The van der Waals surface area contributed by atoms with Gasteiger partial charge in [0, 0.05) is 17.6 Å². The predicted molar refractivity (Wildman–Crippen MR) is 55.0 cm³/mol. The summed E-state index contributed by atoms with van der Waals surface area (Å²) in [7, 11) is 0. The molecule has 0 radical (unpaired) electrons. The standard InChI is InChI=1S/C12H15N/c1-9-8-12(9)6-7-13-11-5-3-2-4-10(11)12/h2-5,9,13H,6-8H2,1H3. The average molecular weight is 173 g/mol. The zero-order chi connectivity index (χ0) is 8.89. The summed E-state index contributed by atoms with van der Waals surface area (Å²) in [5.74, 6) is 0.899. The molecule has 2 aliphatic rings. The van der Waals surface area contributed by atoms with Crippen LogP contribution >= 0.6 is 0 Å². The van der Waals surface area contributed by atoms with Crippen molar-refractivity contribution in [3.63, 3.8) is 0 Å². The lowest BCUT2D eigenvalue weighted by molar-refractivity contribution is 0.574. The van der Waals surface area contributed by atoms with Crippen LogP contribution in [-0.2, 0) is 5.41 Å². The molecule has 0 bridgehead atoms. The summed E-state index contributed by atoms with van der Waals surface area (Å²) in [4.78, 5) is 0. The van der Waals surface area contributed by atoms with Gasteiger partial charge in [0.05, 0.1) is 0 Å². The molecule has 1 aliphatic heterocycles. The number of benzene rings is 1. The Bertz CT molecular complexity index is 345. The molecule has 1 aromatic carbocycles. The first-order valence-corrected chi connectivity index (χ1v) is 5.16. The van der Waals surface area contributed by atoms with E-state index in [1.807, 2.05) is 0 Å². The van der Waals surface area contributed by atoms with Crippen molar-refractivity contribution in [3.8, 4) is 0 Å². The van der Waals surface area contributed by atoms with E-state index in [2.05, 4.69) is 36.5 Å². The number of anilines is 1. The molecular weight excluding hydrogens is 158 g/mol. The van der Waals surface area contributed by atoms with Gasteiger partial charge in [-0.3, -0.25) is 0 Å². The van der Waals surface area contributed by atoms with Crippen molar-refractivity contribution in [2.24, 2.45) is 5.92 Å². The van der Waals surface area contributed by atoms with Crippen molar-refractivity contribution in [1.29, 1.82) is 0 Å². The van der Waals surface area contributed by atoms with Crippen LogP contribution in [-0.4, -0.2) is 6.54 Å². The van der Waals surface area contributed by atoms with E-state index in [0.29, 0.717) is 5.41 Å². The Labute approximate surface area is 79.2 Å². The van der Waals surface area contributed by atoms with Gasteiger partial charge in [0.1, 0.15) is 0 Å². The van der Waals surface area contributed by atoms with Crippen LogP contribution in [0.2, 0.25) is 0 Å². The largest absolute Gasteiger partial charge is 0.385 e. The van der Waals surface area contributed by atoms with Gasteiger partial charge < -0.3 is 5.32 Å². The lowest BCUT2D eigenvalue weighted by Crippen LogP contribution is -2.23. The monoisotopic (exact) mass is 173 g/mol. The first kappa shape index (κ1) is 7.43. The number of rotatable bonds is 0. The van der Waals surface area contributed by atoms with Gasteiger partial charge in [-0.2, -0.15) is 0 Å². The molecule has 1 fully saturated rings. The van der Waals surface area contributed by atoms with Crippen LogP contribution in [0, 0.1) is 5.92 Å². The number of hydrogen-bond donors (Lipinski definition) is 1. The fourth-order valence-electron chi connectivity index (χ4n) is 2.84. The minimum Gasteiger partial charge on any atom is -0.385 e. The fourth-order valence-corrected chi connectivity index (χ4v) is 2.84. The molecule has 1 saturated carbocycles. The molecule has 0 saturated heterocycles. The normalized spacial score (nSPS) is 35.3. The van der Waals surface area contributed by atoms with Gasteiger partial charge in [-0.05, 0) is 30.4 Å². The van der Waals surface area contributed by atoms with Crippen molar-refractivity contribution in [2.45, 2.75) is 25.2 Å². The zero-order valence-electron chi connectivity index (χ0n) is 8.01. The van der Waals surface area contributed by atoms with Crippen LogP contribution in [0.4, 0.5) is 5.69 Å². The second kappa shape index (κ2) is 2.28. The van der Waals surface area contributed by atoms with E-state index in [1.54, 1.807) is 5.56 Å². The van der Waals surface area contributed by atoms with Crippen LogP contribution in [0.3, 0.4) is 0 Å². The van der Waals surface area contributed by atoms with Gasteiger partial charge in [0.25, 0.3) is 0 Å². The first-order valence-electron chi connectivity index (χ1n) is 5.16. The predicted octanol–water partition coefficient (Wildman–Crippen LogP) is 2.78. The lowest BCUT2D eigenvalue weighted by Gasteiger charge is -2.27. The number of hydrogen-bond acceptors (Lipinski definition) is 1. The first-order chi connectivity index (χ1) is 6.33. The average Bonchev–Trinajstić information content (AvgIpc) is 2.79. The minimum atomic E-state index is 0.557. The third-order valence-electron chi connectivity index (χ3n) is 3.80. The van der Waals surface area contributed by atoms with Gasteiger partial charge >= 0.3 is 0 Å². The maximum atomic E-state index is 3.48. The van der Waals surface area contributed by atoms with E-state index in [1.165, 1.54) is 18.5 Å². The molecule has 68 valence electrons. The third-order valence-corrected chi connectivity index (χ3v) is 3.80. The summed E-state index contributed by atoms with van der Waals surface area (Å²) < 4.78 is 0. The van der Waals surface area contributed by atoms with Crippen molar-refractivity contribution >= 4 is 5.69 Å². The van der Waals surface area contributed by atoms with E-state index in [-0.39, 0.29) is 0 Å². The van der Waals surface area contributed by atoms with Gasteiger partial charge in [0.2, 0.25) is 0 Å². The Morgan fingerprint density at radius 1 is 1.38 bits per heavy atom. The maximum absolute atomic E-state index is 3.48. The summed E-state index contributed by atoms with van der Waals surface area (Å²) in [6, 6.07) is 8.79. The van der Waals surface area contributed by atoms with E-state index in [0.717, 1.165) is 12.5 Å². The molecule has 13 heavy (non-hydrogen) atoms. The molecule has 1 heterocycles. The zero-order valence-corrected chi connectivity index (χ0v) is 8.01. The topological polar surface area (TPSA) is 12.0 Å². The highest BCUT2D eigenvalue weighted by atomic mass is 14.9. The summed E-state index contributed by atoms with van der Waals surface area (Å²) in [5, 5.41) is 3.48. The quantitative estimate of drug-likeness (QED) is 0.636. The molecule has 1 aromatic rings. The molecule has 2 unspecified atom stereocenters. The smallest absolute Gasteiger partial charge is 0.0378 e. The van der Waals surface area contributed by atoms with Crippen LogP contribution in [0.15, 0.2) is 24.3 Å². The summed E-state index contributed by atoms with van der Waals surface area (Å²) in [5.41, 5.74) is 3.49. The Kier molecular flexibility index (Phi) is 1.30. The van der Waals surface area contributed by atoms with Crippen LogP contribution in [0.25, 0.3) is 0 Å². The summed E-state index contributed by atoms with van der Waals surface area (Å²) in [6.07, 6.45) is 2.72. The molecule has 1 heteroatoms. The van der Waals surface area contributed by atoms with E-state index in [9.17, 15) is 0 Å². The van der Waals surface area contributed by atoms with E-state index >= 15 is 0 Å². The molecule has 0 amide bonds. The molecule has 1 aliphatic carbocycles. The third kappa shape index (κ3) is 0.874. The van der Waals surface area contributed by atoms with Crippen LogP contribution < -0.4 is 5.32 Å². The maximum Gasteiger partial charge on any atom is 0.0378 e. The highest BCUT2D eigenvalue weighted by Gasteiger charge is 2.53. The molecule has 0 aromatic heterocycles. The Morgan fingerprint density at radius 3 is 2.92 bits per heavy atom. The lowest BCUT2D eigenvalue weighted by atomic mass is 9.86. The second-order valence-corrected chi connectivity index (χ2v) is 4.48. The van der Waals surface area contributed by atoms with E-state index in [4.69, 9.17) is 0 Å². The van der Waals surface area contributed by atoms with Crippen LogP contribution in [0.5, 0.6) is 0 Å². The molecule has 1 spiro atoms. The Balaban J connectivity index is 2.13. The highest BCUT2D eigenvalue weighted by molar-refractivity contribution is 5.59. The van der Waals surface area contributed by atoms with Crippen molar-refractivity contribution in [1.82, 2.24) is 0 Å². The SMILES string of the molecule is CC1CC12CCNc1ccccc12. The summed E-state index contributed by atoms with van der Waals surface area (Å²) >= 11 is 0. The van der Waals surface area contributed by atoms with Gasteiger partial charge in [0.15, 0.2) is 0 Å². The number of fused-ring (bicyclic) bond motifs is 2.